The van der Waals surface area contributed by atoms with Crippen LogP contribution >= 0.6 is 11.6 Å². The predicted molar refractivity (Wildman–Crippen MR) is 75.6 cm³/mol. The van der Waals surface area contributed by atoms with Crippen LogP contribution in [0.4, 0.5) is 0 Å². The van der Waals surface area contributed by atoms with Crippen molar-refractivity contribution in [1.29, 1.82) is 0 Å². The van der Waals surface area contributed by atoms with Gasteiger partial charge >= 0.3 is 0 Å². The molecule has 1 N–H and O–H groups in total. The van der Waals surface area contributed by atoms with Gasteiger partial charge in [0.2, 0.25) is 0 Å². The van der Waals surface area contributed by atoms with E-state index in [4.69, 9.17) is 16.3 Å². The van der Waals surface area contributed by atoms with Crippen LogP contribution in [0.2, 0.25) is 5.02 Å². The first-order valence-corrected chi connectivity index (χ1v) is 6.77. The summed E-state index contributed by atoms with van der Waals surface area (Å²) in [5.41, 5.74) is 3.74. The van der Waals surface area contributed by atoms with Crippen molar-refractivity contribution in [3.8, 4) is 5.75 Å². The van der Waals surface area contributed by atoms with Gasteiger partial charge in [0.15, 0.2) is 0 Å². The quantitative estimate of drug-likeness (QED) is 0.911. The minimum atomic E-state index is 0.714. The fourth-order valence-corrected chi connectivity index (χ4v) is 2.78. The van der Waals surface area contributed by atoms with Crippen LogP contribution in [0.15, 0.2) is 6.07 Å². The van der Waals surface area contributed by atoms with E-state index < -0.39 is 0 Å². The molecule has 1 aliphatic rings. The standard InChI is InChI=1S/C14H21ClN2O/c1-10-8-13(15)14(18-3)12(11(10)2)9-17-6-4-16-5-7-17/h8,16H,4-7,9H2,1-3H3. The average molecular weight is 269 g/mol. The predicted octanol–water partition coefficient (Wildman–Crippen LogP) is 2.37. The maximum absolute atomic E-state index is 6.27. The average Bonchev–Trinajstić information content (AvgIpc) is 2.37. The van der Waals surface area contributed by atoms with Crippen molar-refractivity contribution in [3.63, 3.8) is 0 Å². The SMILES string of the molecule is COc1c(Cl)cc(C)c(C)c1CN1CCNCC1. The first kappa shape index (κ1) is 13.7. The molecule has 100 valence electrons. The van der Waals surface area contributed by atoms with Crippen molar-refractivity contribution in [3.05, 3.63) is 27.8 Å². The molecule has 0 saturated carbocycles. The molecule has 0 aromatic heterocycles. The molecule has 0 atom stereocenters. The van der Waals surface area contributed by atoms with Gasteiger partial charge in [-0.25, -0.2) is 0 Å². The number of piperazine rings is 1. The molecule has 0 amide bonds. The van der Waals surface area contributed by atoms with Crippen LogP contribution in [0.25, 0.3) is 0 Å². The first-order valence-electron chi connectivity index (χ1n) is 6.39. The number of hydrogen-bond acceptors (Lipinski definition) is 3. The van der Waals surface area contributed by atoms with E-state index in [0.717, 1.165) is 38.5 Å². The third-order valence-electron chi connectivity index (χ3n) is 3.67. The lowest BCUT2D eigenvalue weighted by atomic mass is 10.0. The molecule has 0 bridgehead atoms. The summed E-state index contributed by atoms with van der Waals surface area (Å²) in [6.45, 7) is 9.43. The van der Waals surface area contributed by atoms with Gasteiger partial charge in [0.1, 0.15) is 5.75 Å². The van der Waals surface area contributed by atoms with Gasteiger partial charge in [-0.2, -0.15) is 0 Å². The third kappa shape index (κ3) is 2.79. The molecule has 1 aromatic rings. The zero-order valence-electron chi connectivity index (χ0n) is 11.3. The smallest absolute Gasteiger partial charge is 0.142 e. The van der Waals surface area contributed by atoms with Gasteiger partial charge in [-0.3, -0.25) is 4.90 Å². The van der Waals surface area contributed by atoms with Crippen molar-refractivity contribution >= 4 is 11.6 Å². The van der Waals surface area contributed by atoms with Gasteiger partial charge in [0.05, 0.1) is 12.1 Å². The van der Waals surface area contributed by atoms with E-state index in [9.17, 15) is 0 Å². The van der Waals surface area contributed by atoms with Crippen molar-refractivity contribution in [2.24, 2.45) is 0 Å². The lowest BCUT2D eigenvalue weighted by Gasteiger charge is -2.29. The van der Waals surface area contributed by atoms with Gasteiger partial charge in [-0.15, -0.1) is 0 Å². The summed E-state index contributed by atoms with van der Waals surface area (Å²) >= 11 is 6.27. The van der Waals surface area contributed by atoms with Gasteiger partial charge < -0.3 is 10.1 Å². The third-order valence-corrected chi connectivity index (χ3v) is 3.95. The molecule has 0 unspecified atom stereocenters. The van der Waals surface area contributed by atoms with Crippen LogP contribution in [0, 0.1) is 13.8 Å². The monoisotopic (exact) mass is 268 g/mol. The summed E-state index contributed by atoms with van der Waals surface area (Å²) < 4.78 is 5.48. The Balaban J connectivity index is 2.29. The number of aryl methyl sites for hydroxylation is 1. The zero-order valence-corrected chi connectivity index (χ0v) is 12.1. The van der Waals surface area contributed by atoms with E-state index in [1.54, 1.807) is 7.11 Å². The highest BCUT2D eigenvalue weighted by Crippen LogP contribution is 2.34. The van der Waals surface area contributed by atoms with Crippen LogP contribution < -0.4 is 10.1 Å². The molecule has 0 aliphatic carbocycles. The molecule has 1 saturated heterocycles. The molecule has 0 radical (unpaired) electrons. The number of nitrogens with zero attached hydrogens (tertiary/aromatic N) is 1. The lowest BCUT2D eigenvalue weighted by Crippen LogP contribution is -2.43. The van der Waals surface area contributed by atoms with E-state index in [-0.39, 0.29) is 0 Å². The van der Waals surface area contributed by atoms with Crippen LogP contribution in [0.5, 0.6) is 5.75 Å². The summed E-state index contributed by atoms with van der Waals surface area (Å²) in [7, 11) is 1.69. The Bertz CT molecular complexity index is 428. The van der Waals surface area contributed by atoms with E-state index in [1.807, 2.05) is 6.07 Å². The molecular formula is C14H21ClN2O. The summed E-state index contributed by atoms with van der Waals surface area (Å²) in [4.78, 5) is 2.44. The number of hydrogen-bond donors (Lipinski definition) is 1. The van der Waals surface area contributed by atoms with Gasteiger partial charge in [-0.05, 0) is 31.0 Å². The first-order chi connectivity index (χ1) is 8.63. The maximum Gasteiger partial charge on any atom is 0.142 e. The summed E-state index contributed by atoms with van der Waals surface area (Å²) in [6, 6.07) is 1.98. The number of rotatable bonds is 3. The molecule has 3 nitrogen and oxygen atoms in total. The summed E-state index contributed by atoms with van der Waals surface area (Å²) in [5, 5.41) is 4.08. The number of methoxy groups -OCH3 is 1. The highest BCUT2D eigenvalue weighted by Gasteiger charge is 2.17. The molecule has 2 rings (SSSR count). The molecule has 18 heavy (non-hydrogen) atoms. The number of benzene rings is 1. The Morgan fingerprint density at radius 1 is 1.33 bits per heavy atom. The van der Waals surface area contributed by atoms with Crippen molar-refractivity contribution in [2.75, 3.05) is 33.3 Å². The zero-order chi connectivity index (χ0) is 13.1. The van der Waals surface area contributed by atoms with Crippen molar-refractivity contribution in [2.45, 2.75) is 20.4 Å². The topological polar surface area (TPSA) is 24.5 Å². The van der Waals surface area contributed by atoms with E-state index >= 15 is 0 Å². The highest BCUT2D eigenvalue weighted by atomic mass is 35.5. The second-order valence-electron chi connectivity index (χ2n) is 4.84. The normalized spacial score (nSPS) is 16.9. The lowest BCUT2D eigenvalue weighted by molar-refractivity contribution is 0.229. The van der Waals surface area contributed by atoms with Crippen LogP contribution in [0.3, 0.4) is 0 Å². The molecule has 1 fully saturated rings. The molecular weight excluding hydrogens is 248 g/mol. The fourth-order valence-electron chi connectivity index (χ4n) is 2.42. The highest BCUT2D eigenvalue weighted by molar-refractivity contribution is 6.32. The van der Waals surface area contributed by atoms with E-state index in [2.05, 4.69) is 24.1 Å². The van der Waals surface area contributed by atoms with Crippen molar-refractivity contribution < 1.29 is 4.74 Å². The number of halogens is 1. The Morgan fingerprint density at radius 2 is 2.00 bits per heavy atom. The largest absolute Gasteiger partial charge is 0.495 e. The van der Waals surface area contributed by atoms with E-state index in [0.29, 0.717) is 5.02 Å². The molecule has 1 aromatic carbocycles. The number of nitrogens with one attached hydrogen (secondary N) is 1. The maximum atomic E-state index is 6.27. The van der Waals surface area contributed by atoms with E-state index in [1.165, 1.54) is 16.7 Å². The minimum absolute atomic E-state index is 0.714. The second kappa shape index (κ2) is 5.91. The van der Waals surface area contributed by atoms with Gasteiger partial charge in [-0.1, -0.05) is 11.6 Å². The van der Waals surface area contributed by atoms with Crippen LogP contribution in [-0.2, 0) is 6.54 Å². The molecule has 1 aliphatic heterocycles. The Hall–Kier alpha value is -0.770. The Morgan fingerprint density at radius 3 is 2.61 bits per heavy atom. The van der Waals surface area contributed by atoms with Crippen molar-refractivity contribution in [1.82, 2.24) is 10.2 Å². The van der Waals surface area contributed by atoms with Crippen LogP contribution in [-0.4, -0.2) is 38.2 Å². The summed E-state index contributed by atoms with van der Waals surface area (Å²) in [6.07, 6.45) is 0. The fraction of sp³-hybridized carbons (Fsp3) is 0.571. The molecule has 0 spiro atoms. The molecule has 1 heterocycles. The summed E-state index contributed by atoms with van der Waals surface area (Å²) in [5.74, 6) is 0.832. The van der Waals surface area contributed by atoms with Gasteiger partial charge in [0, 0.05) is 38.3 Å². The van der Waals surface area contributed by atoms with Gasteiger partial charge in [0.25, 0.3) is 0 Å². The Labute approximate surface area is 114 Å². The Kier molecular flexibility index (Phi) is 4.49. The number of ether oxygens (including phenoxy) is 1. The molecule has 4 heteroatoms. The van der Waals surface area contributed by atoms with Crippen LogP contribution in [0.1, 0.15) is 16.7 Å². The minimum Gasteiger partial charge on any atom is -0.495 e. The second-order valence-corrected chi connectivity index (χ2v) is 5.25.